The summed E-state index contributed by atoms with van der Waals surface area (Å²) in [5, 5.41) is 0.480. The van der Waals surface area contributed by atoms with Crippen molar-refractivity contribution in [1.82, 2.24) is 4.72 Å². The van der Waals surface area contributed by atoms with E-state index in [4.69, 9.17) is 17.3 Å². The van der Waals surface area contributed by atoms with Gasteiger partial charge in [0.2, 0.25) is 10.0 Å². The van der Waals surface area contributed by atoms with Crippen molar-refractivity contribution in [3.8, 4) is 0 Å². The van der Waals surface area contributed by atoms with Crippen molar-refractivity contribution < 1.29 is 8.42 Å². The average Bonchev–Trinajstić information content (AvgIpc) is 2.28. The molecule has 1 atom stereocenters. The summed E-state index contributed by atoms with van der Waals surface area (Å²) in [7, 11) is -3.52. The molecule has 1 aromatic rings. The van der Waals surface area contributed by atoms with Gasteiger partial charge in [0.25, 0.3) is 0 Å². The van der Waals surface area contributed by atoms with Gasteiger partial charge in [-0.3, -0.25) is 0 Å². The van der Waals surface area contributed by atoms with Gasteiger partial charge in [0, 0.05) is 17.6 Å². The molecule has 4 nitrogen and oxygen atoms in total. The summed E-state index contributed by atoms with van der Waals surface area (Å²) in [5.74, 6) is 0.223. The third kappa shape index (κ3) is 3.68. The average molecular weight is 291 g/mol. The number of sulfonamides is 1. The smallest absolute Gasteiger partial charge is 0.240 e. The number of benzene rings is 1. The molecule has 6 heteroatoms. The van der Waals surface area contributed by atoms with Crippen LogP contribution in [0.2, 0.25) is 5.02 Å². The molecule has 0 aliphatic carbocycles. The number of hydrogen-bond donors (Lipinski definition) is 2. The minimum atomic E-state index is -3.52. The van der Waals surface area contributed by atoms with Crippen LogP contribution >= 0.6 is 11.6 Å². The molecule has 0 bridgehead atoms. The van der Waals surface area contributed by atoms with E-state index >= 15 is 0 Å². The highest BCUT2D eigenvalue weighted by atomic mass is 35.5. The highest BCUT2D eigenvalue weighted by Gasteiger charge is 2.19. The fraction of sp³-hybridized carbons (Fsp3) is 0.500. The van der Waals surface area contributed by atoms with Gasteiger partial charge in [-0.05, 0) is 36.6 Å². The Bertz CT molecular complexity index is 515. The van der Waals surface area contributed by atoms with Gasteiger partial charge in [-0.1, -0.05) is 25.4 Å². The summed E-state index contributed by atoms with van der Waals surface area (Å²) in [6.45, 7) is 5.96. The lowest BCUT2D eigenvalue weighted by Crippen LogP contribution is -2.36. The summed E-state index contributed by atoms with van der Waals surface area (Å²) >= 11 is 5.91. The van der Waals surface area contributed by atoms with Crippen molar-refractivity contribution in [2.75, 3.05) is 0 Å². The molecule has 0 spiro atoms. The predicted octanol–water partition coefficient (Wildman–Crippen LogP) is 2.12. The summed E-state index contributed by atoms with van der Waals surface area (Å²) in [6.07, 6.45) is 0. The Morgan fingerprint density at radius 3 is 2.44 bits per heavy atom. The van der Waals surface area contributed by atoms with E-state index in [1.165, 1.54) is 12.1 Å². The van der Waals surface area contributed by atoms with Gasteiger partial charge >= 0.3 is 0 Å². The van der Waals surface area contributed by atoms with Gasteiger partial charge in [-0.25, -0.2) is 13.1 Å². The molecule has 1 aromatic carbocycles. The maximum Gasteiger partial charge on any atom is 0.240 e. The predicted molar refractivity (Wildman–Crippen MR) is 74.0 cm³/mol. The van der Waals surface area contributed by atoms with Crippen LogP contribution in [0.3, 0.4) is 0 Å². The van der Waals surface area contributed by atoms with E-state index < -0.39 is 10.0 Å². The molecule has 0 saturated heterocycles. The summed E-state index contributed by atoms with van der Waals surface area (Å²) in [6, 6.07) is 4.42. The molecule has 1 rings (SSSR count). The minimum absolute atomic E-state index is 0.132. The third-order valence-corrected chi connectivity index (χ3v) is 4.81. The van der Waals surface area contributed by atoms with Crippen LogP contribution in [0.5, 0.6) is 0 Å². The topological polar surface area (TPSA) is 72.2 Å². The van der Waals surface area contributed by atoms with Crippen LogP contribution in [0.25, 0.3) is 0 Å². The molecule has 0 heterocycles. The molecule has 18 heavy (non-hydrogen) atoms. The van der Waals surface area contributed by atoms with Gasteiger partial charge in [-0.2, -0.15) is 0 Å². The van der Waals surface area contributed by atoms with Crippen molar-refractivity contribution in [2.45, 2.75) is 38.3 Å². The van der Waals surface area contributed by atoms with Crippen LogP contribution in [0.4, 0.5) is 0 Å². The maximum absolute atomic E-state index is 12.1. The SMILES string of the molecule is CC(C)C(C)NS(=O)(=O)c1ccc(Cl)c(CN)c1. The second-order valence-corrected chi connectivity index (χ2v) is 6.73. The fourth-order valence-corrected chi connectivity index (χ4v) is 2.96. The largest absolute Gasteiger partial charge is 0.326 e. The molecule has 0 aromatic heterocycles. The Balaban J connectivity index is 3.05. The number of nitrogens with one attached hydrogen (secondary N) is 1. The molecular formula is C12H19ClN2O2S. The molecule has 0 saturated carbocycles. The van der Waals surface area contributed by atoms with E-state index in [0.717, 1.165) is 0 Å². The van der Waals surface area contributed by atoms with Crippen LogP contribution in [0, 0.1) is 5.92 Å². The molecule has 0 amide bonds. The number of halogens is 1. The first-order valence-corrected chi connectivity index (χ1v) is 7.65. The Labute approximate surface area is 114 Å². The lowest BCUT2D eigenvalue weighted by Gasteiger charge is -2.18. The van der Waals surface area contributed by atoms with Gasteiger partial charge < -0.3 is 5.73 Å². The molecule has 102 valence electrons. The minimum Gasteiger partial charge on any atom is -0.326 e. The summed E-state index contributed by atoms with van der Waals surface area (Å²) in [5.41, 5.74) is 6.13. The zero-order valence-corrected chi connectivity index (χ0v) is 12.3. The molecule has 1 unspecified atom stereocenters. The first-order chi connectivity index (χ1) is 8.27. The van der Waals surface area contributed by atoms with Gasteiger partial charge in [0.15, 0.2) is 0 Å². The number of nitrogens with two attached hydrogens (primary N) is 1. The van der Waals surface area contributed by atoms with E-state index in [1.807, 2.05) is 20.8 Å². The summed E-state index contributed by atoms with van der Waals surface area (Å²) in [4.78, 5) is 0.194. The first kappa shape index (κ1) is 15.4. The fourth-order valence-electron chi connectivity index (χ4n) is 1.32. The lowest BCUT2D eigenvalue weighted by atomic mass is 10.1. The van der Waals surface area contributed by atoms with Crippen LogP contribution in [-0.4, -0.2) is 14.5 Å². The van der Waals surface area contributed by atoms with E-state index in [0.29, 0.717) is 10.6 Å². The molecule has 0 fully saturated rings. The number of hydrogen-bond acceptors (Lipinski definition) is 3. The molecule has 0 radical (unpaired) electrons. The zero-order chi connectivity index (χ0) is 13.9. The van der Waals surface area contributed by atoms with Gasteiger partial charge in [0.05, 0.1) is 4.90 Å². The van der Waals surface area contributed by atoms with Crippen LogP contribution in [0.1, 0.15) is 26.3 Å². The normalized spacial score (nSPS) is 13.9. The Morgan fingerprint density at radius 1 is 1.33 bits per heavy atom. The second kappa shape index (κ2) is 6.02. The molecule has 0 aliphatic rings. The van der Waals surface area contributed by atoms with Crippen molar-refractivity contribution >= 4 is 21.6 Å². The van der Waals surface area contributed by atoms with Gasteiger partial charge in [-0.15, -0.1) is 0 Å². The maximum atomic E-state index is 12.1. The second-order valence-electron chi connectivity index (χ2n) is 4.61. The van der Waals surface area contributed by atoms with E-state index in [2.05, 4.69) is 4.72 Å². The highest BCUT2D eigenvalue weighted by molar-refractivity contribution is 7.89. The Morgan fingerprint density at radius 2 is 1.94 bits per heavy atom. The van der Waals surface area contributed by atoms with Crippen molar-refractivity contribution in [1.29, 1.82) is 0 Å². The molecular weight excluding hydrogens is 272 g/mol. The van der Waals surface area contributed by atoms with Crippen molar-refractivity contribution in [3.05, 3.63) is 28.8 Å². The molecule has 0 aliphatic heterocycles. The van der Waals surface area contributed by atoms with E-state index in [1.54, 1.807) is 6.07 Å². The van der Waals surface area contributed by atoms with E-state index in [-0.39, 0.29) is 23.4 Å². The monoisotopic (exact) mass is 290 g/mol. The lowest BCUT2D eigenvalue weighted by molar-refractivity contribution is 0.476. The highest BCUT2D eigenvalue weighted by Crippen LogP contribution is 2.20. The number of rotatable bonds is 5. The Kier molecular flexibility index (Phi) is 5.16. The third-order valence-electron chi connectivity index (χ3n) is 2.89. The quantitative estimate of drug-likeness (QED) is 0.872. The first-order valence-electron chi connectivity index (χ1n) is 5.78. The summed E-state index contributed by atoms with van der Waals surface area (Å²) < 4.78 is 26.9. The standard InChI is InChI=1S/C12H19ClN2O2S/c1-8(2)9(3)15-18(16,17)11-4-5-12(13)10(6-11)7-14/h4-6,8-9,15H,7,14H2,1-3H3. The van der Waals surface area contributed by atoms with Crippen molar-refractivity contribution in [3.63, 3.8) is 0 Å². The zero-order valence-electron chi connectivity index (χ0n) is 10.8. The van der Waals surface area contributed by atoms with Crippen LogP contribution in [-0.2, 0) is 16.6 Å². The Hall–Kier alpha value is -0.620. The molecule has 3 N–H and O–H groups in total. The van der Waals surface area contributed by atoms with Crippen LogP contribution in [0.15, 0.2) is 23.1 Å². The van der Waals surface area contributed by atoms with Crippen molar-refractivity contribution in [2.24, 2.45) is 11.7 Å². The van der Waals surface area contributed by atoms with Gasteiger partial charge in [0.1, 0.15) is 0 Å². The van der Waals surface area contributed by atoms with Crippen LogP contribution < -0.4 is 10.5 Å². The van der Waals surface area contributed by atoms with E-state index in [9.17, 15) is 8.42 Å².